The Morgan fingerprint density at radius 3 is 2.68 bits per heavy atom. The zero-order chi connectivity index (χ0) is 33.0. The van der Waals surface area contributed by atoms with E-state index < -0.39 is 34.7 Å². The van der Waals surface area contributed by atoms with E-state index in [2.05, 4.69) is 16.0 Å². The second-order valence-electron chi connectivity index (χ2n) is 13.2. The van der Waals surface area contributed by atoms with Crippen LogP contribution in [0.3, 0.4) is 0 Å². The molecule has 3 aliphatic heterocycles. The van der Waals surface area contributed by atoms with Crippen molar-refractivity contribution in [2.75, 3.05) is 37.7 Å². The molecule has 4 atom stereocenters. The van der Waals surface area contributed by atoms with Crippen LogP contribution in [-0.4, -0.2) is 64.5 Å². The number of phenolic OH excluding ortho intramolecular Hbond substituents is 1. The first-order valence-corrected chi connectivity index (χ1v) is 16.5. The van der Waals surface area contributed by atoms with Crippen LogP contribution < -0.4 is 9.64 Å². The number of phenols is 1. The quantitative estimate of drug-likeness (QED) is 0.208. The van der Waals surface area contributed by atoms with Gasteiger partial charge in [-0.15, -0.1) is 0 Å². The third-order valence-electron chi connectivity index (χ3n) is 10.6. The fourth-order valence-electron chi connectivity index (χ4n) is 8.21. The van der Waals surface area contributed by atoms with Crippen LogP contribution in [0.25, 0.3) is 32.8 Å². The fourth-order valence-corrected chi connectivity index (χ4v) is 8.21. The predicted octanol–water partition coefficient (Wildman–Crippen LogP) is 7.47. The van der Waals surface area contributed by atoms with Crippen molar-refractivity contribution < 1.29 is 27.4 Å². The summed E-state index contributed by atoms with van der Waals surface area (Å²) in [6, 6.07) is 8.90. The first-order valence-electron chi connectivity index (χ1n) is 16.5. The molecule has 7 nitrogen and oxygen atoms in total. The molecule has 0 saturated carbocycles. The second-order valence-corrected chi connectivity index (χ2v) is 13.2. The number of aromatic hydroxyl groups is 1. The monoisotopic (exact) mass is 647 g/mol. The zero-order valence-corrected chi connectivity index (χ0v) is 26.5. The highest BCUT2D eigenvalue weighted by Crippen LogP contribution is 2.44. The molecule has 0 unspecified atom stereocenters. The summed E-state index contributed by atoms with van der Waals surface area (Å²) < 4.78 is 68.9. The minimum Gasteiger partial charge on any atom is -0.508 e. The number of alkyl halides is 1. The van der Waals surface area contributed by atoms with E-state index >= 15 is 8.78 Å². The van der Waals surface area contributed by atoms with Crippen molar-refractivity contribution in [1.82, 2.24) is 14.9 Å². The minimum atomic E-state index is -0.990. The van der Waals surface area contributed by atoms with E-state index in [9.17, 15) is 19.1 Å². The van der Waals surface area contributed by atoms with Gasteiger partial charge in [-0.05, 0) is 84.3 Å². The van der Waals surface area contributed by atoms with Gasteiger partial charge < -0.3 is 14.7 Å². The average Bonchev–Trinajstić information content (AvgIpc) is 3.59. The van der Waals surface area contributed by atoms with Gasteiger partial charge in [0.25, 0.3) is 0 Å². The summed E-state index contributed by atoms with van der Waals surface area (Å²) in [7, 11) is 0. The van der Waals surface area contributed by atoms with E-state index in [-0.39, 0.29) is 58.7 Å². The fraction of sp³-hybridized carbons (Fsp3) is 0.472. The molecule has 1 aromatic heterocycles. The third-order valence-corrected chi connectivity index (χ3v) is 10.6. The summed E-state index contributed by atoms with van der Waals surface area (Å²) >= 11 is 0. The number of fused-ring (bicyclic) bond motifs is 3. The standard InChI is InChI=1S/C36H37F4N5O2/c1-3-20-17-44(11-8-22(20)16-41)34-27-14-29(39)31(26-13-24(46)12-21-6-7-28(38)25(4-2)30(21)26)32(40)33(27)42-35(43-34)47-19-36-9-5-10-45(36)18-23(37)15-36/h6-7,12-14,20,22-23,46H,3-5,8-11,15,17-19H2,1-2H3/t20-,22+,23-,36+/m1/s1. The molecule has 246 valence electrons. The Hall–Kier alpha value is -4.17. The van der Waals surface area contributed by atoms with Crippen LogP contribution in [0.4, 0.5) is 23.4 Å². The minimum absolute atomic E-state index is 0.0113. The number of nitriles is 1. The number of aromatic nitrogens is 2. The average molecular weight is 648 g/mol. The van der Waals surface area contributed by atoms with Gasteiger partial charge in [0, 0.05) is 31.4 Å². The highest BCUT2D eigenvalue weighted by Gasteiger charge is 2.49. The van der Waals surface area contributed by atoms with Gasteiger partial charge in [-0.1, -0.05) is 26.3 Å². The van der Waals surface area contributed by atoms with Crippen LogP contribution in [0.2, 0.25) is 0 Å². The normalized spacial score (nSPS) is 24.6. The molecule has 11 heteroatoms. The van der Waals surface area contributed by atoms with Crippen LogP contribution in [0.15, 0.2) is 30.3 Å². The molecule has 1 N–H and O–H groups in total. The Labute approximate surface area is 270 Å². The largest absolute Gasteiger partial charge is 0.508 e. The smallest absolute Gasteiger partial charge is 0.319 e. The molecule has 0 amide bonds. The maximum atomic E-state index is 16.9. The van der Waals surface area contributed by atoms with E-state index in [4.69, 9.17) is 9.72 Å². The molecule has 3 aromatic carbocycles. The van der Waals surface area contributed by atoms with Crippen molar-refractivity contribution >= 4 is 27.5 Å². The van der Waals surface area contributed by atoms with Gasteiger partial charge in [-0.2, -0.15) is 15.2 Å². The Morgan fingerprint density at radius 1 is 1.09 bits per heavy atom. The van der Waals surface area contributed by atoms with Crippen LogP contribution in [0, 0.1) is 40.6 Å². The number of benzene rings is 3. The summed E-state index contributed by atoms with van der Waals surface area (Å²) in [5.41, 5.74) is -0.835. The molecule has 4 aromatic rings. The van der Waals surface area contributed by atoms with Crippen LogP contribution in [0.5, 0.6) is 11.8 Å². The molecule has 0 spiro atoms. The van der Waals surface area contributed by atoms with Crippen molar-refractivity contribution in [3.63, 3.8) is 0 Å². The molecule has 3 aliphatic rings. The van der Waals surface area contributed by atoms with Crippen LogP contribution in [0.1, 0.15) is 51.5 Å². The van der Waals surface area contributed by atoms with Crippen LogP contribution >= 0.6 is 0 Å². The molecule has 0 aliphatic carbocycles. The highest BCUT2D eigenvalue weighted by atomic mass is 19.1. The van der Waals surface area contributed by atoms with Gasteiger partial charge in [0.2, 0.25) is 0 Å². The summed E-state index contributed by atoms with van der Waals surface area (Å²) in [5.74, 6) is -2.45. The SMILES string of the molecule is CCc1c(F)ccc2cc(O)cc(-c3c(F)cc4c(N5CC[C@@H](C#N)[C@H](CC)C5)nc(OC[C@@]56CCCN5C[C@H](F)C6)nc4c3F)c12. The van der Waals surface area contributed by atoms with Gasteiger partial charge >= 0.3 is 6.01 Å². The Balaban J connectivity index is 1.40. The molecule has 3 fully saturated rings. The summed E-state index contributed by atoms with van der Waals surface area (Å²) in [6.07, 6.45) is 2.63. The first kappa shape index (κ1) is 31.4. The highest BCUT2D eigenvalue weighted by molar-refractivity contribution is 6.03. The molecule has 47 heavy (non-hydrogen) atoms. The molecular formula is C36H37F4N5O2. The van der Waals surface area contributed by atoms with Gasteiger partial charge in [0.1, 0.15) is 41.5 Å². The maximum Gasteiger partial charge on any atom is 0.319 e. The van der Waals surface area contributed by atoms with Crippen molar-refractivity contribution in [2.45, 2.75) is 64.1 Å². The van der Waals surface area contributed by atoms with E-state index in [1.54, 1.807) is 6.92 Å². The van der Waals surface area contributed by atoms with Crippen LogP contribution in [-0.2, 0) is 6.42 Å². The number of hydrogen-bond donors (Lipinski definition) is 1. The first-order chi connectivity index (χ1) is 22.7. The van der Waals surface area contributed by atoms with Gasteiger partial charge in [0.15, 0.2) is 5.82 Å². The number of ether oxygens (including phenoxy) is 1. The zero-order valence-electron chi connectivity index (χ0n) is 26.5. The Bertz CT molecular complexity index is 1920. The lowest BCUT2D eigenvalue weighted by Crippen LogP contribution is -2.43. The number of anilines is 1. The summed E-state index contributed by atoms with van der Waals surface area (Å²) in [5, 5.41) is 21.2. The third kappa shape index (κ3) is 5.31. The summed E-state index contributed by atoms with van der Waals surface area (Å²) in [6.45, 7) is 5.91. The number of aryl methyl sites for hydroxylation is 1. The number of hydrogen-bond acceptors (Lipinski definition) is 7. The summed E-state index contributed by atoms with van der Waals surface area (Å²) in [4.78, 5) is 13.2. The van der Waals surface area contributed by atoms with Crippen molar-refractivity contribution in [1.29, 1.82) is 5.26 Å². The number of piperidine rings is 1. The molecule has 4 heterocycles. The molecular weight excluding hydrogens is 610 g/mol. The van der Waals surface area contributed by atoms with E-state index in [0.29, 0.717) is 49.1 Å². The number of halogens is 4. The lowest BCUT2D eigenvalue weighted by molar-refractivity contribution is 0.107. The van der Waals surface area contributed by atoms with E-state index in [0.717, 1.165) is 25.8 Å². The Kier molecular flexibility index (Phi) is 8.11. The van der Waals surface area contributed by atoms with Crippen molar-refractivity contribution in [3.8, 4) is 29.0 Å². The molecule has 0 bridgehead atoms. The molecule has 7 rings (SSSR count). The van der Waals surface area contributed by atoms with Gasteiger partial charge in [-0.25, -0.2) is 17.6 Å². The van der Waals surface area contributed by atoms with Crippen molar-refractivity contribution in [3.05, 3.63) is 53.3 Å². The molecule has 0 radical (unpaired) electrons. The van der Waals surface area contributed by atoms with Gasteiger partial charge in [-0.3, -0.25) is 4.90 Å². The van der Waals surface area contributed by atoms with Gasteiger partial charge in [0.05, 0.1) is 23.1 Å². The number of nitrogens with zero attached hydrogens (tertiary/aromatic N) is 5. The lowest BCUT2D eigenvalue weighted by atomic mass is 9.84. The molecule has 3 saturated heterocycles. The topological polar surface area (TPSA) is 85.5 Å². The Morgan fingerprint density at radius 2 is 1.91 bits per heavy atom. The lowest BCUT2D eigenvalue weighted by Gasteiger charge is -2.36. The predicted molar refractivity (Wildman–Crippen MR) is 172 cm³/mol. The maximum absolute atomic E-state index is 16.9. The van der Waals surface area contributed by atoms with Crippen molar-refractivity contribution in [2.24, 2.45) is 11.8 Å². The number of rotatable bonds is 7. The second kappa shape index (κ2) is 12.1. The van der Waals surface area contributed by atoms with E-state index in [1.807, 2.05) is 11.8 Å². The van der Waals surface area contributed by atoms with E-state index in [1.165, 1.54) is 30.3 Å².